The Hall–Kier alpha value is -2.62. The normalized spacial score (nSPS) is 19.3. The number of fused-ring (bicyclic) bond motifs is 1. The van der Waals surface area contributed by atoms with Crippen molar-refractivity contribution in [1.29, 1.82) is 0 Å². The average molecular weight is 342 g/mol. The van der Waals surface area contributed by atoms with Gasteiger partial charge in [-0.1, -0.05) is 13.8 Å². The van der Waals surface area contributed by atoms with Crippen molar-refractivity contribution in [2.45, 2.75) is 45.2 Å². The Bertz CT molecular complexity index is 764. The van der Waals surface area contributed by atoms with Gasteiger partial charge < -0.3 is 15.1 Å². The van der Waals surface area contributed by atoms with E-state index in [9.17, 15) is 9.59 Å². The summed E-state index contributed by atoms with van der Waals surface area (Å²) in [5.74, 6) is 2.54. The summed E-state index contributed by atoms with van der Waals surface area (Å²) in [7, 11) is 0. The molecule has 25 heavy (non-hydrogen) atoms. The summed E-state index contributed by atoms with van der Waals surface area (Å²) in [6.45, 7) is 5.03. The van der Waals surface area contributed by atoms with Crippen LogP contribution in [0.2, 0.25) is 0 Å². The van der Waals surface area contributed by atoms with E-state index in [1.54, 1.807) is 0 Å². The van der Waals surface area contributed by atoms with Crippen molar-refractivity contribution in [2.24, 2.45) is 15.6 Å². The fraction of sp³-hybridized carbons (Fsp3) is 0.556. The molecule has 2 aliphatic rings. The van der Waals surface area contributed by atoms with Crippen molar-refractivity contribution in [3.63, 3.8) is 0 Å². The summed E-state index contributed by atoms with van der Waals surface area (Å²) in [6.07, 6.45) is 9.12. The van der Waals surface area contributed by atoms with Crippen LogP contribution in [-0.2, 0) is 6.42 Å². The van der Waals surface area contributed by atoms with Gasteiger partial charge in [-0.05, 0) is 5.41 Å². The summed E-state index contributed by atoms with van der Waals surface area (Å²) < 4.78 is 5.53. The van der Waals surface area contributed by atoms with Crippen molar-refractivity contribution in [1.82, 2.24) is 10.6 Å². The monoisotopic (exact) mass is 342 g/mol. The van der Waals surface area contributed by atoms with Gasteiger partial charge in [0.05, 0.1) is 11.1 Å². The summed E-state index contributed by atoms with van der Waals surface area (Å²) in [5, 5.41) is 13.8. The van der Waals surface area contributed by atoms with Crippen molar-refractivity contribution in [3.8, 4) is 12.3 Å². The van der Waals surface area contributed by atoms with Crippen LogP contribution in [0.4, 0.5) is 0 Å². The number of terminal acetylenes is 1. The van der Waals surface area contributed by atoms with Crippen LogP contribution >= 0.6 is 0 Å². The number of nitrogens with one attached hydrogen (secondary N) is 2. The van der Waals surface area contributed by atoms with Crippen LogP contribution in [0.25, 0.3) is 0 Å². The molecule has 3 heterocycles. The third-order valence-electron chi connectivity index (χ3n) is 4.57. The van der Waals surface area contributed by atoms with E-state index < -0.39 is 5.66 Å². The molecular weight excluding hydrogens is 320 g/mol. The lowest BCUT2D eigenvalue weighted by molar-refractivity contribution is 0.0915. The van der Waals surface area contributed by atoms with Gasteiger partial charge >= 0.3 is 0 Å². The predicted octanol–water partition coefficient (Wildman–Crippen LogP) is 2.29. The molecule has 0 aliphatic carbocycles. The number of carbonyl (C=O) groups is 2. The Kier molecular flexibility index (Phi) is 4.38. The van der Waals surface area contributed by atoms with Gasteiger partial charge in [-0.15, -0.1) is 12.3 Å². The first-order valence-corrected chi connectivity index (χ1v) is 8.40. The molecule has 0 unspecified atom stereocenters. The molecule has 132 valence electrons. The Morgan fingerprint density at radius 2 is 2.20 bits per heavy atom. The van der Waals surface area contributed by atoms with Gasteiger partial charge in [0.25, 0.3) is 11.8 Å². The zero-order valence-electron chi connectivity index (χ0n) is 14.5. The highest BCUT2D eigenvalue weighted by molar-refractivity contribution is 6.08. The maximum atomic E-state index is 12.5. The van der Waals surface area contributed by atoms with Crippen molar-refractivity contribution >= 4 is 11.8 Å². The van der Waals surface area contributed by atoms with Crippen LogP contribution < -0.4 is 10.6 Å². The second-order valence-corrected chi connectivity index (χ2v) is 7.36. The predicted molar refractivity (Wildman–Crippen MR) is 91.1 cm³/mol. The molecule has 0 saturated heterocycles. The van der Waals surface area contributed by atoms with Crippen LogP contribution in [0.15, 0.2) is 20.9 Å². The van der Waals surface area contributed by atoms with E-state index in [1.165, 1.54) is 6.26 Å². The van der Waals surface area contributed by atoms with Crippen molar-refractivity contribution < 1.29 is 14.0 Å². The smallest absolute Gasteiger partial charge is 0.255 e. The van der Waals surface area contributed by atoms with E-state index in [1.807, 2.05) is 13.8 Å². The topological polar surface area (TPSA) is 96.1 Å². The number of rotatable bonds is 6. The minimum atomic E-state index is -0.436. The Morgan fingerprint density at radius 1 is 1.44 bits per heavy atom. The third-order valence-corrected chi connectivity index (χ3v) is 4.57. The molecule has 0 radical (unpaired) electrons. The number of carbonyl (C=O) groups excluding carboxylic acids is 2. The van der Waals surface area contributed by atoms with E-state index in [2.05, 4.69) is 26.8 Å². The van der Waals surface area contributed by atoms with Gasteiger partial charge in [-0.2, -0.15) is 10.2 Å². The highest BCUT2D eigenvalue weighted by Gasteiger charge is 2.39. The Balaban J connectivity index is 1.63. The molecule has 2 amide bonds. The lowest BCUT2D eigenvalue weighted by Crippen LogP contribution is -2.33. The number of hydrogen-bond donors (Lipinski definition) is 2. The number of hydrogen-bond acceptors (Lipinski definition) is 5. The molecule has 2 N–H and O–H groups in total. The van der Waals surface area contributed by atoms with E-state index in [-0.39, 0.29) is 22.8 Å². The number of furan rings is 1. The van der Waals surface area contributed by atoms with Gasteiger partial charge in [0.1, 0.15) is 12.0 Å². The molecule has 3 rings (SSSR count). The van der Waals surface area contributed by atoms with Crippen LogP contribution in [0.3, 0.4) is 0 Å². The summed E-state index contributed by atoms with van der Waals surface area (Å²) in [6, 6.07) is 0. The van der Waals surface area contributed by atoms with Crippen LogP contribution in [0.5, 0.6) is 0 Å². The summed E-state index contributed by atoms with van der Waals surface area (Å²) in [4.78, 5) is 24.8. The molecule has 1 aromatic heterocycles. The fourth-order valence-electron chi connectivity index (χ4n) is 2.99. The zero-order chi connectivity index (χ0) is 18.1. The van der Waals surface area contributed by atoms with Gasteiger partial charge in [0.15, 0.2) is 5.66 Å². The molecule has 0 fully saturated rings. The molecule has 0 spiro atoms. The summed E-state index contributed by atoms with van der Waals surface area (Å²) in [5.41, 5.74) is 0.0534. The molecule has 2 aliphatic heterocycles. The van der Waals surface area contributed by atoms with E-state index in [0.717, 1.165) is 0 Å². The number of amides is 2. The second-order valence-electron chi connectivity index (χ2n) is 7.36. The SMILES string of the molecule is C#CCCC1(CCNC(=O)c2coc3c2C(=O)NCC(C)(C)C3)N=N1. The van der Waals surface area contributed by atoms with Gasteiger partial charge in [0.2, 0.25) is 0 Å². The van der Waals surface area contributed by atoms with Crippen molar-refractivity contribution in [2.75, 3.05) is 13.1 Å². The van der Waals surface area contributed by atoms with E-state index >= 15 is 0 Å². The van der Waals surface area contributed by atoms with Gasteiger partial charge in [-0.25, -0.2) is 0 Å². The molecule has 0 saturated carbocycles. The van der Waals surface area contributed by atoms with Crippen LogP contribution in [0, 0.1) is 17.8 Å². The molecular formula is C18H22N4O3. The first-order chi connectivity index (χ1) is 11.9. The summed E-state index contributed by atoms with van der Waals surface area (Å²) >= 11 is 0. The minimum absolute atomic E-state index is 0.120. The minimum Gasteiger partial charge on any atom is -0.468 e. The van der Waals surface area contributed by atoms with Gasteiger partial charge in [0, 0.05) is 38.8 Å². The van der Waals surface area contributed by atoms with E-state index in [0.29, 0.717) is 50.1 Å². The maximum absolute atomic E-state index is 12.5. The third kappa shape index (κ3) is 3.73. The van der Waals surface area contributed by atoms with Gasteiger partial charge in [-0.3, -0.25) is 9.59 Å². The Morgan fingerprint density at radius 3 is 2.88 bits per heavy atom. The lowest BCUT2D eigenvalue weighted by atomic mass is 9.88. The van der Waals surface area contributed by atoms with Crippen molar-refractivity contribution in [3.05, 3.63) is 23.2 Å². The molecule has 1 aromatic rings. The molecule has 0 atom stereocenters. The number of nitrogens with zero attached hydrogens (tertiary/aromatic N) is 2. The molecule has 0 bridgehead atoms. The molecule has 7 heteroatoms. The fourth-order valence-corrected chi connectivity index (χ4v) is 2.99. The first kappa shape index (κ1) is 17.2. The largest absolute Gasteiger partial charge is 0.468 e. The molecule has 7 nitrogen and oxygen atoms in total. The standard InChI is InChI=1S/C18H22N4O3/c1-4-5-6-18(21-22-18)7-8-19-15(23)12-10-25-13-9-17(2,3)11-20-16(24)14(12)13/h1,10H,5-9,11H2,2-3H3,(H,19,23)(H,20,24). The second kappa shape index (κ2) is 6.36. The quantitative estimate of drug-likeness (QED) is 0.776. The zero-order valence-corrected chi connectivity index (χ0v) is 14.5. The highest BCUT2D eigenvalue weighted by atomic mass is 16.3. The highest BCUT2D eigenvalue weighted by Crippen LogP contribution is 2.36. The Labute approximate surface area is 146 Å². The van der Waals surface area contributed by atoms with Crippen LogP contribution in [-0.4, -0.2) is 30.6 Å². The van der Waals surface area contributed by atoms with Crippen LogP contribution in [0.1, 0.15) is 59.6 Å². The lowest BCUT2D eigenvalue weighted by Gasteiger charge is -2.20. The average Bonchev–Trinajstić information content (AvgIpc) is 3.23. The van der Waals surface area contributed by atoms with E-state index in [4.69, 9.17) is 10.8 Å². The first-order valence-electron chi connectivity index (χ1n) is 8.40. The molecule has 0 aromatic carbocycles. The maximum Gasteiger partial charge on any atom is 0.255 e.